The van der Waals surface area contributed by atoms with Crippen LogP contribution in [0.2, 0.25) is 0 Å². The van der Waals surface area contributed by atoms with Crippen LogP contribution >= 0.6 is 0 Å². The van der Waals surface area contributed by atoms with Gasteiger partial charge in [0.1, 0.15) is 10.9 Å². The van der Waals surface area contributed by atoms with Gasteiger partial charge in [-0.3, -0.25) is 0 Å². The van der Waals surface area contributed by atoms with Crippen LogP contribution in [-0.4, -0.2) is 42.4 Å². The number of hydrogen-bond acceptors (Lipinski definition) is 7. The lowest BCUT2D eigenvalue weighted by molar-refractivity contribution is 0.0460. The standard InChI is InChI=1S/C12H13FN6O2/c13-11-17-9(15)8-10(18-11)19(5-16-8)6-1-7(21)12(2-6,3-14)4-20/h5-7,20-21H,1-2,4H2,(H2,15,17,18)/t6-,7+,12+/m1/s1. The second-order valence-corrected chi connectivity index (χ2v) is 5.24. The fourth-order valence-corrected chi connectivity index (χ4v) is 2.84. The van der Waals surface area contributed by atoms with E-state index in [1.165, 1.54) is 6.33 Å². The number of halogens is 1. The van der Waals surface area contributed by atoms with Crippen LogP contribution in [0.4, 0.5) is 10.2 Å². The maximum atomic E-state index is 13.3. The molecule has 1 saturated carbocycles. The van der Waals surface area contributed by atoms with Gasteiger partial charge in [0.25, 0.3) is 0 Å². The number of nitrogens with two attached hydrogens (primary N) is 1. The van der Waals surface area contributed by atoms with Crippen molar-refractivity contribution in [3.63, 3.8) is 0 Å². The van der Waals surface area contributed by atoms with Crippen LogP contribution in [0.15, 0.2) is 6.33 Å². The largest absolute Gasteiger partial charge is 0.395 e. The van der Waals surface area contributed by atoms with Gasteiger partial charge in [0.05, 0.1) is 25.1 Å². The summed E-state index contributed by atoms with van der Waals surface area (Å²) in [7, 11) is 0. The summed E-state index contributed by atoms with van der Waals surface area (Å²) >= 11 is 0. The number of nitriles is 1. The molecule has 0 bridgehead atoms. The molecule has 9 heteroatoms. The Hall–Kier alpha value is -2.31. The highest BCUT2D eigenvalue weighted by Gasteiger charge is 2.48. The molecular weight excluding hydrogens is 279 g/mol. The van der Waals surface area contributed by atoms with E-state index in [1.54, 1.807) is 4.57 Å². The van der Waals surface area contributed by atoms with Crippen molar-refractivity contribution in [2.75, 3.05) is 12.3 Å². The van der Waals surface area contributed by atoms with Crippen LogP contribution in [0, 0.1) is 22.8 Å². The average molecular weight is 292 g/mol. The number of anilines is 1. The first-order chi connectivity index (χ1) is 10.0. The summed E-state index contributed by atoms with van der Waals surface area (Å²) < 4.78 is 14.9. The minimum atomic E-state index is -1.22. The number of imidazole rings is 1. The van der Waals surface area contributed by atoms with Crippen molar-refractivity contribution in [1.29, 1.82) is 5.26 Å². The fourth-order valence-electron chi connectivity index (χ4n) is 2.84. The maximum Gasteiger partial charge on any atom is 0.312 e. The SMILES string of the molecule is N#C[C@]1(CO)C[C@H](n2cnc3c(N)nc(F)nc32)C[C@@H]1O. The summed E-state index contributed by atoms with van der Waals surface area (Å²) in [6.45, 7) is -0.445. The van der Waals surface area contributed by atoms with Gasteiger partial charge >= 0.3 is 6.08 Å². The zero-order chi connectivity index (χ0) is 15.2. The van der Waals surface area contributed by atoms with Gasteiger partial charge in [-0.1, -0.05) is 0 Å². The maximum absolute atomic E-state index is 13.3. The molecule has 0 radical (unpaired) electrons. The zero-order valence-electron chi connectivity index (χ0n) is 10.9. The molecule has 21 heavy (non-hydrogen) atoms. The van der Waals surface area contributed by atoms with Crippen LogP contribution < -0.4 is 5.73 Å². The number of rotatable bonds is 2. The van der Waals surface area contributed by atoms with Gasteiger partial charge in [0.2, 0.25) is 0 Å². The van der Waals surface area contributed by atoms with Gasteiger partial charge in [-0.15, -0.1) is 0 Å². The van der Waals surface area contributed by atoms with Gasteiger partial charge in [-0.25, -0.2) is 4.98 Å². The molecule has 1 aliphatic rings. The molecule has 0 aromatic carbocycles. The van der Waals surface area contributed by atoms with Gasteiger partial charge in [0.15, 0.2) is 11.5 Å². The van der Waals surface area contributed by atoms with E-state index in [2.05, 4.69) is 15.0 Å². The zero-order valence-corrected chi connectivity index (χ0v) is 10.9. The number of aliphatic hydroxyl groups is 2. The molecule has 0 unspecified atom stereocenters. The van der Waals surface area contributed by atoms with Gasteiger partial charge < -0.3 is 20.5 Å². The number of hydrogen-bond donors (Lipinski definition) is 3. The van der Waals surface area contributed by atoms with Crippen LogP contribution in [0.5, 0.6) is 0 Å². The van der Waals surface area contributed by atoms with Crippen molar-refractivity contribution < 1.29 is 14.6 Å². The van der Waals surface area contributed by atoms with Crippen LogP contribution in [0.3, 0.4) is 0 Å². The molecule has 0 aliphatic heterocycles. The van der Waals surface area contributed by atoms with E-state index in [0.717, 1.165) is 0 Å². The molecular formula is C12H13FN6O2. The number of nitrogens with zero attached hydrogens (tertiary/aromatic N) is 5. The summed E-state index contributed by atoms with van der Waals surface area (Å²) in [4.78, 5) is 11.1. The molecule has 8 nitrogen and oxygen atoms in total. The summed E-state index contributed by atoms with van der Waals surface area (Å²) in [6, 6.07) is 1.65. The quantitative estimate of drug-likeness (QED) is 0.649. The molecule has 0 spiro atoms. The molecule has 0 saturated heterocycles. The number of aromatic nitrogens is 4. The Morgan fingerprint density at radius 1 is 1.57 bits per heavy atom. The average Bonchev–Trinajstić information content (AvgIpc) is 3.00. The van der Waals surface area contributed by atoms with E-state index in [1.807, 2.05) is 6.07 Å². The minimum absolute atomic E-state index is 0.0662. The van der Waals surface area contributed by atoms with Gasteiger partial charge in [-0.2, -0.15) is 19.6 Å². The molecule has 3 atom stereocenters. The Balaban J connectivity index is 2.05. The molecule has 4 N–H and O–H groups in total. The van der Waals surface area contributed by atoms with Crippen molar-refractivity contribution in [2.45, 2.75) is 25.0 Å². The van der Waals surface area contributed by atoms with Crippen molar-refractivity contribution in [2.24, 2.45) is 5.41 Å². The van der Waals surface area contributed by atoms with Crippen molar-refractivity contribution in [1.82, 2.24) is 19.5 Å². The molecule has 110 valence electrons. The first kappa shape index (κ1) is 13.7. The fraction of sp³-hybridized carbons (Fsp3) is 0.500. The molecule has 1 fully saturated rings. The Kier molecular flexibility index (Phi) is 3.00. The molecule has 2 aromatic heterocycles. The Morgan fingerprint density at radius 3 is 2.95 bits per heavy atom. The van der Waals surface area contributed by atoms with Crippen molar-refractivity contribution in [3.05, 3.63) is 12.4 Å². The monoisotopic (exact) mass is 292 g/mol. The lowest BCUT2D eigenvalue weighted by atomic mass is 9.87. The van der Waals surface area contributed by atoms with Crippen molar-refractivity contribution >= 4 is 17.0 Å². The van der Waals surface area contributed by atoms with Crippen LogP contribution in [0.1, 0.15) is 18.9 Å². The molecule has 2 aromatic rings. The highest BCUT2D eigenvalue weighted by Crippen LogP contribution is 2.44. The first-order valence-corrected chi connectivity index (χ1v) is 6.36. The summed E-state index contributed by atoms with van der Waals surface area (Å²) in [5, 5.41) is 28.6. The third-order valence-corrected chi connectivity index (χ3v) is 4.05. The van der Waals surface area contributed by atoms with Gasteiger partial charge in [-0.05, 0) is 12.8 Å². The van der Waals surface area contributed by atoms with E-state index < -0.39 is 24.2 Å². The van der Waals surface area contributed by atoms with E-state index in [9.17, 15) is 19.9 Å². The topological polar surface area (TPSA) is 134 Å². The smallest absolute Gasteiger partial charge is 0.312 e. The second kappa shape index (κ2) is 4.61. The summed E-state index contributed by atoms with van der Waals surface area (Å²) in [5.74, 6) is -0.0662. The Labute approximate surface area is 118 Å². The molecule has 3 rings (SSSR count). The number of fused-ring (bicyclic) bond motifs is 1. The normalized spacial score (nSPS) is 28.9. The van der Waals surface area contributed by atoms with E-state index in [4.69, 9.17) is 5.73 Å². The third kappa shape index (κ3) is 1.91. The number of aliphatic hydroxyl groups excluding tert-OH is 2. The Bertz CT molecular complexity index is 741. The number of nitrogen functional groups attached to an aromatic ring is 1. The predicted molar refractivity (Wildman–Crippen MR) is 69.1 cm³/mol. The minimum Gasteiger partial charge on any atom is -0.395 e. The second-order valence-electron chi connectivity index (χ2n) is 5.24. The highest BCUT2D eigenvalue weighted by molar-refractivity contribution is 5.81. The molecule has 2 heterocycles. The van der Waals surface area contributed by atoms with E-state index >= 15 is 0 Å². The highest BCUT2D eigenvalue weighted by atomic mass is 19.1. The summed E-state index contributed by atoms with van der Waals surface area (Å²) in [5.41, 5.74) is 4.85. The lowest BCUT2D eigenvalue weighted by Crippen LogP contribution is -2.31. The van der Waals surface area contributed by atoms with E-state index in [-0.39, 0.29) is 35.9 Å². The van der Waals surface area contributed by atoms with Crippen LogP contribution in [0.25, 0.3) is 11.2 Å². The van der Waals surface area contributed by atoms with Crippen LogP contribution in [-0.2, 0) is 0 Å². The molecule has 0 amide bonds. The molecule has 1 aliphatic carbocycles. The first-order valence-electron chi connectivity index (χ1n) is 6.36. The lowest BCUT2D eigenvalue weighted by Gasteiger charge is -2.21. The van der Waals surface area contributed by atoms with E-state index in [0.29, 0.717) is 0 Å². The van der Waals surface area contributed by atoms with Crippen molar-refractivity contribution in [3.8, 4) is 6.07 Å². The third-order valence-electron chi connectivity index (χ3n) is 4.05. The summed E-state index contributed by atoms with van der Waals surface area (Å²) in [6.07, 6.45) is -0.0475. The predicted octanol–water partition coefficient (Wildman–Crippen LogP) is -0.254. The van der Waals surface area contributed by atoms with Gasteiger partial charge in [0, 0.05) is 6.04 Å². The Morgan fingerprint density at radius 2 is 2.33 bits per heavy atom.